The average molecular weight is 331 g/mol. The van der Waals surface area contributed by atoms with E-state index in [9.17, 15) is 4.79 Å². The molecule has 0 aromatic heterocycles. The summed E-state index contributed by atoms with van der Waals surface area (Å²) in [6.07, 6.45) is -0.561. The van der Waals surface area contributed by atoms with Gasteiger partial charge < -0.3 is 14.0 Å². The molecule has 1 heterocycles. The van der Waals surface area contributed by atoms with Crippen LogP contribution in [0.5, 0.6) is 0 Å². The second-order valence-corrected chi connectivity index (χ2v) is 7.33. The number of amides is 1. The van der Waals surface area contributed by atoms with Gasteiger partial charge >= 0.3 is 13.2 Å². The summed E-state index contributed by atoms with van der Waals surface area (Å²) in [5, 5.41) is 2.74. The van der Waals surface area contributed by atoms with Gasteiger partial charge in [-0.05, 0) is 65.6 Å². The summed E-state index contributed by atoms with van der Waals surface area (Å²) in [7, 11) is -0.478. The van der Waals surface area contributed by atoms with Crippen molar-refractivity contribution in [3.05, 3.63) is 35.6 Å². The normalized spacial score (nSPS) is 18.4. The summed E-state index contributed by atoms with van der Waals surface area (Å²) in [5.41, 5.74) is 2.71. The van der Waals surface area contributed by atoms with Crippen LogP contribution in [-0.4, -0.2) is 24.4 Å². The van der Waals surface area contributed by atoms with Gasteiger partial charge in [-0.1, -0.05) is 18.2 Å². The Kier molecular flexibility index (Phi) is 4.84. The Morgan fingerprint density at radius 2 is 1.67 bits per heavy atom. The molecule has 0 unspecified atom stereocenters. The monoisotopic (exact) mass is 331 g/mol. The molecule has 0 aliphatic carbocycles. The van der Waals surface area contributed by atoms with Crippen molar-refractivity contribution in [1.29, 1.82) is 0 Å². The van der Waals surface area contributed by atoms with Crippen molar-refractivity contribution in [2.75, 3.05) is 5.32 Å². The zero-order chi connectivity index (χ0) is 18.3. The van der Waals surface area contributed by atoms with Crippen LogP contribution >= 0.6 is 0 Å². The number of hydrogen-bond donors (Lipinski definition) is 1. The molecule has 1 aromatic rings. The smallest absolute Gasteiger partial charge is 0.416 e. The lowest BCUT2D eigenvalue weighted by atomic mass is 9.75. The highest BCUT2D eigenvalue weighted by Gasteiger charge is 2.52. The van der Waals surface area contributed by atoms with E-state index >= 15 is 0 Å². The van der Waals surface area contributed by atoms with Gasteiger partial charge in [0.15, 0.2) is 0 Å². The lowest BCUT2D eigenvalue weighted by molar-refractivity contribution is 0.00578. The number of nitrogens with one attached hydrogen (secondary N) is 1. The van der Waals surface area contributed by atoms with E-state index in [0.29, 0.717) is 11.4 Å². The van der Waals surface area contributed by atoms with Gasteiger partial charge in [0, 0.05) is 5.69 Å². The molecule has 24 heavy (non-hydrogen) atoms. The van der Waals surface area contributed by atoms with Crippen LogP contribution in [-0.2, 0) is 14.0 Å². The minimum absolute atomic E-state index is 0.337. The van der Waals surface area contributed by atoms with E-state index in [0.717, 1.165) is 16.6 Å². The Hall–Kier alpha value is -1.79. The molecule has 1 aromatic carbocycles. The summed E-state index contributed by atoms with van der Waals surface area (Å²) in [6, 6.07) is 3.88. The molecule has 130 valence electrons. The summed E-state index contributed by atoms with van der Waals surface area (Å²) in [4.78, 5) is 11.8. The summed E-state index contributed by atoms with van der Waals surface area (Å²) in [6.45, 7) is 17.2. The lowest BCUT2D eigenvalue weighted by Gasteiger charge is -2.32. The Bertz CT molecular complexity index is 666. The van der Waals surface area contributed by atoms with Crippen LogP contribution in [0.15, 0.2) is 24.5 Å². The molecular weight excluding hydrogens is 305 g/mol. The van der Waals surface area contributed by atoms with Gasteiger partial charge in [-0.25, -0.2) is 4.79 Å². The van der Waals surface area contributed by atoms with Crippen LogP contribution < -0.4 is 10.8 Å². The highest BCUT2D eigenvalue weighted by atomic mass is 16.7. The van der Waals surface area contributed by atoms with Crippen molar-refractivity contribution < 1.29 is 18.8 Å². The van der Waals surface area contributed by atoms with Gasteiger partial charge in [-0.15, -0.1) is 0 Å². The van der Waals surface area contributed by atoms with E-state index in [1.807, 2.05) is 53.7 Å². The number of benzene rings is 1. The predicted molar refractivity (Wildman–Crippen MR) is 96.5 cm³/mol. The molecule has 0 spiro atoms. The molecule has 1 fully saturated rings. The third kappa shape index (κ3) is 3.65. The third-order valence-electron chi connectivity index (χ3n) is 4.62. The Morgan fingerprint density at radius 1 is 1.12 bits per heavy atom. The largest absolute Gasteiger partial charge is 0.495 e. The fourth-order valence-electron chi connectivity index (χ4n) is 2.52. The first-order valence-corrected chi connectivity index (χ1v) is 8.04. The molecule has 0 atom stereocenters. The second-order valence-electron chi connectivity index (χ2n) is 7.33. The molecule has 5 nitrogen and oxygen atoms in total. The van der Waals surface area contributed by atoms with E-state index in [1.54, 1.807) is 6.92 Å². The summed E-state index contributed by atoms with van der Waals surface area (Å²) < 4.78 is 17.2. The first-order chi connectivity index (χ1) is 10.9. The van der Waals surface area contributed by atoms with Crippen LogP contribution in [0.1, 0.15) is 45.7 Å². The number of rotatable bonds is 3. The minimum Gasteiger partial charge on any atom is -0.416 e. The van der Waals surface area contributed by atoms with Crippen molar-refractivity contribution in [2.24, 2.45) is 0 Å². The topological polar surface area (TPSA) is 56.8 Å². The SMILES string of the molecule is C=C(C)OC(=O)Nc1cc(B2OC(C)(C)C(C)(C)O2)c(C)cc1C. The Labute approximate surface area is 144 Å². The van der Waals surface area contributed by atoms with Gasteiger partial charge in [0.1, 0.15) is 0 Å². The first-order valence-electron chi connectivity index (χ1n) is 8.04. The van der Waals surface area contributed by atoms with Gasteiger partial charge in [0.2, 0.25) is 0 Å². The maximum atomic E-state index is 11.8. The molecule has 1 saturated heterocycles. The molecule has 1 N–H and O–H groups in total. The average Bonchev–Trinajstić information content (AvgIpc) is 2.60. The van der Waals surface area contributed by atoms with Crippen LogP contribution in [0.4, 0.5) is 10.5 Å². The number of ether oxygens (including phenoxy) is 1. The van der Waals surface area contributed by atoms with Gasteiger partial charge in [-0.3, -0.25) is 5.32 Å². The number of aryl methyl sites for hydroxylation is 2. The number of hydrogen-bond acceptors (Lipinski definition) is 4. The van der Waals surface area contributed by atoms with Crippen molar-refractivity contribution in [3.63, 3.8) is 0 Å². The van der Waals surface area contributed by atoms with Crippen molar-refractivity contribution in [1.82, 2.24) is 0 Å². The maximum absolute atomic E-state index is 11.8. The molecule has 6 heteroatoms. The van der Waals surface area contributed by atoms with Crippen LogP contribution in [0.25, 0.3) is 0 Å². The number of carbonyl (C=O) groups is 1. The zero-order valence-electron chi connectivity index (χ0n) is 15.6. The fourth-order valence-corrected chi connectivity index (χ4v) is 2.52. The van der Waals surface area contributed by atoms with E-state index < -0.39 is 24.4 Å². The summed E-state index contributed by atoms with van der Waals surface area (Å²) >= 11 is 0. The van der Waals surface area contributed by atoms with Crippen LogP contribution in [0.2, 0.25) is 0 Å². The van der Waals surface area contributed by atoms with Gasteiger partial charge in [-0.2, -0.15) is 0 Å². The van der Waals surface area contributed by atoms with Crippen molar-refractivity contribution >= 4 is 24.4 Å². The molecule has 1 aliphatic rings. The fraction of sp³-hybridized carbons (Fsp3) is 0.500. The summed E-state index contributed by atoms with van der Waals surface area (Å²) in [5.74, 6) is 0.337. The predicted octanol–water partition coefficient (Wildman–Crippen LogP) is 3.68. The minimum atomic E-state index is -0.561. The highest BCUT2D eigenvalue weighted by Crippen LogP contribution is 2.37. The van der Waals surface area contributed by atoms with E-state index in [4.69, 9.17) is 14.0 Å². The van der Waals surface area contributed by atoms with Crippen LogP contribution in [0, 0.1) is 13.8 Å². The Morgan fingerprint density at radius 3 is 2.17 bits per heavy atom. The van der Waals surface area contributed by atoms with E-state index in [2.05, 4.69) is 11.9 Å². The Balaban J connectivity index is 2.31. The zero-order valence-corrected chi connectivity index (χ0v) is 15.6. The molecule has 2 rings (SSSR count). The van der Waals surface area contributed by atoms with Gasteiger partial charge in [0.05, 0.1) is 17.0 Å². The van der Waals surface area contributed by atoms with Gasteiger partial charge in [0.25, 0.3) is 0 Å². The molecule has 0 radical (unpaired) electrons. The van der Waals surface area contributed by atoms with E-state index in [-0.39, 0.29) is 0 Å². The van der Waals surface area contributed by atoms with E-state index in [1.165, 1.54) is 0 Å². The standard InChI is InChI=1S/C18H26BNO4/c1-11(2)22-16(21)20-15-10-14(12(3)9-13(15)4)19-23-17(5,6)18(7,8)24-19/h9-10H,1H2,2-8H3,(H,20,21). The first kappa shape index (κ1) is 18.6. The van der Waals surface area contributed by atoms with Crippen LogP contribution in [0.3, 0.4) is 0 Å². The lowest BCUT2D eigenvalue weighted by Crippen LogP contribution is -2.41. The second kappa shape index (κ2) is 6.26. The highest BCUT2D eigenvalue weighted by molar-refractivity contribution is 6.62. The van der Waals surface area contributed by atoms with Crippen molar-refractivity contribution in [2.45, 2.75) is 59.7 Å². The quantitative estimate of drug-likeness (QED) is 0.678. The van der Waals surface area contributed by atoms with Crippen molar-refractivity contribution in [3.8, 4) is 0 Å². The number of anilines is 1. The number of carbonyl (C=O) groups excluding carboxylic acids is 1. The maximum Gasteiger partial charge on any atom is 0.495 e. The third-order valence-corrected chi connectivity index (χ3v) is 4.62. The molecule has 1 amide bonds. The molecule has 0 bridgehead atoms. The molecular formula is C18H26BNO4. The molecule has 1 aliphatic heterocycles. The number of allylic oxidation sites excluding steroid dienone is 1. The molecule has 0 saturated carbocycles.